The molecule has 130 valence electrons. The summed E-state index contributed by atoms with van der Waals surface area (Å²) in [5.41, 5.74) is 3.51. The van der Waals surface area contributed by atoms with E-state index in [2.05, 4.69) is 10.3 Å². The minimum absolute atomic E-state index is 0.172. The predicted octanol–water partition coefficient (Wildman–Crippen LogP) is 4.78. The molecule has 0 unspecified atom stereocenters. The first-order chi connectivity index (χ1) is 12.6. The summed E-state index contributed by atoms with van der Waals surface area (Å²) in [4.78, 5) is 16.2. The first kappa shape index (κ1) is 17.5. The zero-order valence-electron chi connectivity index (χ0n) is 14.4. The third-order valence-corrected chi connectivity index (χ3v) is 4.08. The Morgan fingerprint density at radius 1 is 1.04 bits per heavy atom. The lowest BCUT2D eigenvalue weighted by atomic mass is 10.0. The molecule has 26 heavy (non-hydrogen) atoms. The number of hydrogen-bond acceptors (Lipinski definition) is 2. The molecule has 1 heterocycles. The number of hydrogen-bond donors (Lipinski definition) is 1. The summed E-state index contributed by atoms with van der Waals surface area (Å²) in [6.07, 6.45) is 6.33. The highest BCUT2D eigenvalue weighted by Crippen LogP contribution is 2.22. The number of benzene rings is 2. The number of nitrogens with zero attached hydrogens (tertiary/aromatic N) is 1. The van der Waals surface area contributed by atoms with Crippen LogP contribution >= 0.6 is 0 Å². The van der Waals surface area contributed by atoms with Crippen LogP contribution in [0, 0.1) is 5.82 Å². The highest BCUT2D eigenvalue weighted by atomic mass is 19.1. The number of rotatable bonds is 5. The lowest BCUT2D eigenvalue weighted by Crippen LogP contribution is -2.24. The number of halogens is 1. The zero-order valence-corrected chi connectivity index (χ0v) is 14.4. The topological polar surface area (TPSA) is 42.0 Å². The zero-order chi connectivity index (χ0) is 18.4. The Labute approximate surface area is 152 Å². The molecular weight excluding hydrogens is 327 g/mol. The van der Waals surface area contributed by atoms with Crippen LogP contribution in [0.1, 0.15) is 24.1 Å². The van der Waals surface area contributed by atoms with Gasteiger partial charge in [-0.05, 0) is 54.0 Å². The summed E-state index contributed by atoms with van der Waals surface area (Å²) in [5, 5.41) is 2.90. The van der Waals surface area contributed by atoms with E-state index in [0.717, 1.165) is 16.7 Å². The van der Waals surface area contributed by atoms with Crippen molar-refractivity contribution in [3.8, 4) is 11.1 Å². The van der Waals surface area contributed by atoms with Crippen molar-refractivity contribution in [2.75, 3.05) is 0 Å². The van der Waals surface area contributed by atoms with Crippen molar-refractivity contribution >= 4 is 12.0 Å². The monoisotopic (exact) mass is 346 g/mol. The van der Waals surface area contributed by atoms with Crippen LogP contribution in [0.4, 0.5) is 4.39 Å². The molecule has 0 aliphatic rings. The van der Waals surface area contributed by atoms with Crippen LogP contribution in [0.2, 0.25) is 0 Å². The molecule has 1 aromatic heterocycles. The van der Waals surface area contributed by atoms with Crippen LogP contribution < -0.4 is 5.32 Å². The van der Waals surface area contributed by atoms with E-state index in [1.807, 2.05) is 43.3 Å². The van der Waals surface area contributed by atoms with Crippen LogP contribution in [-0.2, 0) is 4.79 Å². The summed E-state index contributed by atoms with van der Waals surface area (Å²) in [5.74, 6) is -0.621. The van der Waals surface area contributed by atoms with E-state index < -0.39 is 0 Å². The molecule has 3 nitrogen and oxygen atoms in total. The second-order valence-electron chi connectivity index (χ2n) is 5.95. The molecule has 3 rings (SSSR count). The average Bonchev–Trinajstić information content (AvgIpc) is 2.68. The maximum atomic E-state index is 13.6. The predicted molar refractivity (Wildman–Crippen MR) is 102 cm³/mol. The van der Waals surface area contributed by atoms with E-state index in [1.54, 1.807) is 30.6 Å². The minimum atomic E-state index is -0.352. The van der Waals surface area contributed by atoms with Gasteiger partial charge in [-0.25, -0.2) is 4.39 Å². The quantitative estimate of drug-likeness (QED) is 0.676. The largest absolute Gasteiger partial charge is 0.346 e. The SMILES string of the molecule is C[C@H](NC(=O)/C=C/c1ccccc1F)c1cccc(-c2ccncc2)c1. The molecule has 4 heteroatoms. The molecule has 1 N–H and O–H groups in total. The molecular formula is C22H19FN2O. The number of carbonyl (C=O) groups excluding carboxylic acids is 1. The Bertz CT molecular complexity index is 922. The molecule has 0 spiro atoms. The molecule has 0 radical (unpaired) electrons. The van der Waals surface area contributed by atoms with Crippen molar-refractivity contribution < 1.29 is 9.18 Å². The first-order valence-corrected chi connectivity index (χ1v) is 8.37. The van der Waals surface area contributed by atoms with Crippen LogP contribution in [0.3, 0.4) is 0 Å². The van der Waals surface area contributed by atoms with Gasteiger partial charge in [0, 0.05) is 24.0 Å². The number of nitrogens with one attached hydrogen (secondary N) is 1. The molecule has 0 fully saturated rings. The van der Waals surface area contributed by atoms with Gasteiger partial charge in [0.2, 0.25) is 5.91 Å². The van der Waals surface area contributed by atoms with Gasteiger partial charge in [-0.15, -0.1) is 0 Å². The number of carbonyl (C=O) groups is 1. The van der Waals surface area contributed by atoms with Gasteiger partial charge in [-0.1, -0.05) is 36.4 Å². The van der Waals surface area contributed by atoms with E-state index in [1.165, 1.54) is 18.2 Å². The fourth-order valence-electron chi connectivity index (χ4n) is 2.65. The fourth-order valence-corrected chi connectivity index (χ4v) is 2.65. The molecule has 0 bridgehead atoms. The first-order valence-electron chi connectivity index (χ1n) is 8.37. The van der Waals surface area contributed by atoms with Gasteiger partial charge >= 0.3 is 0 Å². The van der Waals surface area contributed by atoms with Gasteiger partial charge in [0.05, 0.1) is 6.04 Å². The standard InChI is InChI=1S/C22H19FN2O/c1-16(25-22(26)10-9-18-5-2-3-8-21(18)23)19-6-4-7-20(15-19)17-11-13-24-14-12-17/h2-16H,1H3,(H,25,26)/b10-9+/t16-/m0/s1. The van der Waals surface area contributed by atoms with E-state index >= 15 is 0 Å². The van der Waals surface area contributed by atoms with E-state index in [4.69, 9.17) is 0 Å². The third-order valence-electron chi connectivity index (χ3n) is 4.08. The Hall–Kier alpha value is -3.27. The summed E-state index contributed by atoms with van der Waals surface area (Å²) in [7, 11) is 0. The second-order valence-corrected chi connectivity index (χ2v) is 5.95. The molecule has 0 aliphatic carbocycles. The lowest BCUT2D eigenvalue weighted by Gasteiger charge is -2.14. The van der Waals surface area contributed by atoms with Gasteiger partial charge in [-0.2, -0.15) is 0 Å². The highest BCUT2D eigenvalue weighted by Gasteiger charge is 2.09. The summed E-state index contributed by atoms with van der Waals surface area (Å²) >= 11 is 0. The Morgan fingerprint density at radius 2 is 1.81 bits per heavy atom. The summed E-state index contributed by atoms with van der Waals surface area (Å²) in [6.45, 7) is 1.92. The minimum Gasteiger partial charge on any atom is -0.346 e. The molecule has 3 aromatic rings. The smallest absolute Gasteiger partial charge is 0.244 e. The highest BCUT2D eigenvalue weighted by molar-refractivity contribution is 5.92. The molecule has 0 aliphatic heterocycles. The van der Waals surface area contributed by atoms with Gasteiger partial charge < -0.3 is 5.32 Å². The van der Waals surface area contributed by atoms with Crippen LogP contribution in [0.5, 0.6) is 0 Å². The Balaban J connectivity index is 1.69. The van der Waals surface area contributed by atoms with E-state index in [0.29, 0.717) is 5.56 Å². The van der Waals surface area contributed by atoms with Crippen molar-refractivity contribution in [2.45, 2.75) is 13.0 Å². The fraction of sp³-hybridized carbons (Fsp3) is 0.0909. The van der Waals surface area contributed by atoms with E-state index in [9.17, 15) is 9.18 Å². The summed E-state index contributed by atoms with van der Waals surface area (Å²) in [6, 6.07) is 18.0. The third kappa shape index (κ3) is 4.42. The van der Waals surface area contributed by atoms with Crippen molar-refractivity contribution in [3.05, 3.63) is 96.1 Å². The van der Waals surface area contributed by atoms with Crippen LogP contribution in [-0.4, -0.2) is 10.9 Å². The van der Waals surface area contributed by atoms with Crippen molar-refractivity contribution in [3.63, 3.8) is 0 Å². The maximum Gasteiger partial charge on any atom is 0.244 e. The van der Waals surface area contributed by atoms with Gasteiger partial charge in [0.25, 0.3) is 0 Å². The lowest BCUT2D eigenvalue weighted by molar-refractivity contribution is -0.117. The second kappa shape index (κ2) is 8.21. The maximum absolute atomic E-state index is 13.6. The molecule has 0 saturated heterocycles. The number of pyridine rings is 1. The average molecular weight is 346 g/mol. The molecule has 0 saturated carbocycles. The Morgan fingerprint density at radius 3 is 2.58 bits per heavy atom. The van der Waals surface area contributed by atoms with Crippen LogP contribution in [0.15, 0.2) is 79.1 Å². The number of amides is 1. The van der Waals surface area contributed by atoms with Gasteiger partial charge in [0.15, 0.2) is 0 Å². The molecule has 1 atom stereocenters. The summed E-state index contributed by atoms with van der Waals surface area (Å²) < 4.78 is 13.6. The van der Waals surface area contributed by atoms with Crippen molar-refractivity contribution in [1.29, 1.82) is 0 Å². The molecule has 1 amide bonds. The molecule has 2 aromatic carbocycles. The van der Waals surface area contributed by atoms with Gasteiger partial charge in [0.1, 0.15) is 5.82 Å². The Kier molecular flexibility index (Phi) is 5.54. The van der Waals surface area contributed by atoms with Crippen LogP contribution in [0.25, 0.3) is 17.2 Å². The van der Waals surface area contributed by atoms with Crippen molar-refractivity contribution in [1.82, 2.24) is 10.3 Å². The normalized spacial score (nSPS) is 12.1. The number of aromatic nitrogens is 1. The van der Waals surface area contributed by atoms with Crippen molar-refractivity contribution in [2.24, 2.45) is 0 Å². The van der Waals surface area contributed by atoms with E-state index in [-0.39, 0.29) is 17.8 Å². The van der Waals surface area contributed by atoms with Gasteiger partial charge in [-0.3, -0.25) is 9.78 Å².